The maximum atomic E-state index is 12.6. The van der Waals surface area contributed by atoms with E-state index >= 15 is 0 Å². The zero-order valence-electron chi connectivity index (χ0n) is 16.7. The van der Waals surface area contributed by atoms with Crippen molar-refractivity contribution in [1.29, 1.82) is 0 Å². The number of carbonyl (C=O) groups is 1. The van der Waals surface area contributed by atoms with Crippen LogP contribution in [0.5, 0.6) is 0 Å². The Kier molecular flexibility index (Phi) is 6.00. The predicted octanol–water partition coefficient (Wildman–Crippen LogP) is 3.57. The number of nitrogens with zero attached hydrogens (tertiary/aromatic N) is 3. The molecule has 0 bridgehead atoms. The van der Waals surface area contributed by atoms with Gasteiger partial charge in [0.25, 0.3) is 0 Å². The number of aromatic nitrogens is 2. The van der Waals surface area contributed by atoms with E-state index in [1.165, 1.54) is 0 Å². The lowest BCUT2D eigenvalue weighted by Crippen LogP contribution is -2.42. The van der Waals surface area contributed by atoms with Crippen molar-refractivity contribution < 1.29 is 9.32 Å². The van der Waals surface area contributed by atoms with E-state index in [2.05, 4.69) is 20.4 Å². The van der Waals surface area contributed by atoms with E-state index < -0.39 is 0 Å². The van der Waals surface area contributed by atoms with Crippen LogP contribution >= 0.6 is 0 Å². The van der Waals surface area contributed by atoms with Crippen molar-refractivity contribution in [2.75, 3.05) is 13.1 Å². The number of carbonyl (C=O) groups excluding carboxylic acids is 1. The van der Waals surface area contributed by atoms with Gasteiger partial charge in [0.1, 0.15) is 0 Å². The lowest BCUT2D eigenvalue weighted by Gasteiger charge is -2.30. The molecule has 1 amide bonds. The lowest BCUT2D eigenvalue weighted by atomic mass is 9.97. The Morgan fingerprint density at radius 2 is 1.97 bits per heavy atom. The molecule has 0 saturated carbocycles. The summed E-state index contributed by atoms with van der Waals surface area (Å²) in [7, 11) is 0. The van der Waals surface area contributed by atoms with E-state index in [4.69, 9.17) is 4.52 Å². The lowest BCUT2D eigenvalue weighted by molar-refractivity contribution is -0.127. The number of rotatable bonds is 6. The van der Waals surface area contributed by atoms with Gasteiger partial charge in [0.05, 0.1) is 12.5 Å². The fourth-order valence-corrected chi connectivity index (χ4v) is 3.79. The molecule has 29 heavy (non-hydrogen) atoms. The molecule has 6 heteroatoms. The maximum absolute atomic E-state index is 12.6. The number of aryl methyl sites for hydroxylation is 1. The summed E-state index contributed by atoms with van der Waals surface area (Å²) in [5.41, 5.74) is 3.22. The highest BCUT2D eigenvalue weighted by molar-refractivity contribution is 5.79. The first-order chi connectivity index (χ1) is 14.2. The first kappa shape index (κ1) is 19.3. The quantitative estimate of drug-likeness (QED) is 0.697. The second kappa shape index (κ2) is 9.01. The highest BCUT2D eigenvalue weighted by Crippen LogP contribution is 2.22. The predicted molar refractivity (Wildman–Crippen MR) is 111 cm³/mol. The van der Waals surface area contributed by atoms with E-state index in [0.29, 0.717) is 31.3 Å². The molecular weight excluding hydrogens is 364 g/mol. The molecule has 1 N–H and O–H groups in total. The van der Waals surface area contributed by atoms with Crippen LogP contribution in [0.2, 0.25) is 0 Å². The molecule has 1 aromatic heterocycles. The standard InChI is InChI=1S/C23H26N4O2/c1-17-8-5-6-12-20(17)22-25-21(29-26-22)16-27-13-7-11-19(15-27)23(28)24-14-18-9-3-2-4-10-18/h2-6,8-10,12,19H,7,11,13-16H2,1H3,(H,24,28). The monoisotopic (exact) mass is 390 g/mol. The zero-order chi connectivity index (χ0) is 20.1. The van der Waals surface area contributed by atoms with Crippen molar-refractivity contribution in [3.8, 4) is 11.4 Å². The molecule has 2 heterocycles. The molecule has 1 saturated heterocycles. The minimum atomic E-state index is -0.00813. The van der Waals surface area contributed by atoms with Crippen LogP contribution in [0.15, 0.2) is 59.1 Å². The minimum Gasteiger partial charge on any atom is -0.352 e. The summed E-state index contributed by atoms with van der Waals surface area (Å²) in [6.07, 6.45) is 1.90. The third kappa shape index (κ3) is 4.90. The fourth-order valence-electron chi connectivity index (χ4n) is 3.79. The molecule has 1 aliphatic heterocycles. The Bertz CT molecular complexity index is 954. The molecular formula is C23H26N4O2. The number of hydrogen-bond donors (Lipinski definition) is 1. The molecule has 0 spiro atoms. The van der Waals surface area contributed by atoms with E-state index in [1.807, 2.05) is 61.5 Å². The minimum absolute atomic E-state index is 0.00813. The van der Waals surface area contributed by atoms with Crippen LogP contribution in [0, 0.1) is 12.8 Å². The smallest absolute Gasteiger partial charge is 0.241 e. The van der Waals surface area contributed by atoms with Crippen LogP contribution < -0.4 is 5.32 Å². The van der Waals surface area contributed by atoms with E-state index in [1.54, 1.807) is 0 Å². The summed E-state index contributed by atoms with van der Waals surface area (Å²) in [5, 5.41) is 7.21. The van der Waals surface area contributed by atoms with Gasteiger partial charge in [-0.3, -0.25) is 9.69 Å². The SMILES string of the molecule is Cc1ccccc1-c1noc(CN2CCCC(C(=O)NCc3ccccc3)C2)n1. The molecule has 6 nitrogen and oxygen atoms in total. The first-order valence-corrected chi connectivity index (χ1v) is 10.1. The normalized spacial score (nSPS) is 17.2. The van der Waals surface area contributed by atoms with E-state index in [0.717, 1.165) is 36.1 Å². The van der Waals surface area contributed by atoms with Crippen molar-refractivity contribution in [2.24, 2.45) is 5.92 Å². The number of amides is 1. The Morgan fingerprint density at radius 3 is 2.79 bits per heavy atom. The summed E-state index contributed by atoms with van der Waals surface area (Å²) < 4.78 is 5.47. The van der Waals surface area contributed by atoms with Crippen molar-refractivity contribution in [3.63, 3.8) is 0 Å². The molecule has 0 radical (unpaired) electrons. The van der Waals surface area contributed by atoms with Gasteiger partial charge in [0, 0.05) is 18.7 Å². The molecule has 1 fully saturated rings. The second-order valence-electron chi connectivity index (χ2n) is 7.60. The Morgan fingerprint density at radius 1 is 1.17 bits per heavy atom. The average Bonchev–Trinajstić information content (AvgIpc) is 3.21. The van der Waals surface area contributed by atoms with E-state index in [9.17, 15) is 4.79 Å². The van der Waals surface area contributed by atoms with Gasteiger partial charge in [0.2, 0.25) is 17.6 Å². The number of piperidine rings is 1. The average molecular weight is 390 g/mol. The highest BCUT2D eigenvalue weighted by atomic mass is 16.5. The van der Waals surface area contributed by atoms with Crippen LogP contribution in [0.3, 0.4) is 0 Å². The maximum Gasteiger partial charge on any atom is 0.241 e. The fraction of sp³-hybridized carbons (Fsp3) is 0.348. The Labute approximate surface area is 170 Å². The van der Waals surface area contributed by atoms with Crippen molar-refractivity contribution in [1.82, 2.24) is 20.4 Å². The summed E-state index contributed by atoms with van der Waals surface area (Å²) >= 11 is 0. The number of benzene rings is 2. The molecule has 2 aromatic carbocycles. The second-order valence-corrected chi connectivity index (χ2v) is 7.60. The zero-order valence-corrected chi connectivity index (χ0v) is 16.7. The van der Waals surface area contributed by atoms with Gasteiger partial charge in [-0.2, -0.15) is 4.98 Å². The van der Waals surface area contributed by atoms with Gasteiger partial charge < -0.3 is 9.84 Å². The molecule has 0 aliphatic carbocycles. The third-order valence-corrected chi connectivity index (χ3v) is 5.40. The van der Waals surface area contributed by atoms with E-state index in [-0.39, 0.29) is 11.8 Å². The molecule has 1 aliphatic rings. The Balaban J connectivity index is 1.33. The van der Waals surface area contributed by atoms with Gasteiger partial charge in [0.15, 0.2) is 0 Å². The van der Waals surface area contributed by atoms with Gasteiger partial charge in [-0.05, 0) is 37.4 Å². The van der Waals surface area contributed by atoms with Gasteiger partial charge in [-0.1, -0.05) is 59.8 Å². The van der Waals surface area contributed by atoms with Gasteiger partial charge in [-0.25, -0.2) is 0 Å². The van der Waals surface area contributed by atoms with Crippen LogP contribution in [-0.4, -0.2) is 34.0 Å². The molecule has 150 valence electrons. The van der Waals surface area contributed by atoms with Crippen molar-refractivity contribution in [2.45, 2.75) is 32.9 Å². The van der Waals surface area contributed by atoms with Crippen molar-refractivity contribution >= 4 is 5.91 Å². The van der Waals surface area contributed by atoms with Crippen LogP contribution in [0.1, 0.15) is 29.9 Å². The molecule has 3 aromatic rings. The van der Waals surface area contributed by atoms with Gasteiger partial charge in [-0.15, -0.1) is 0 Å². The molecule has 1 unspecified atom stereocenters. The number of nitrogens with one attached hydrogen (secondary N) is 1. The van der Waals surface area contributed by atoms with Crippen LogP contribution in [0.25, 0.3) is 11.4 Å². The van der Waals surface area contributed by atoms with Gasteiger partial charge >= 0.3 is 0 Å². The van der Waals surface area contributed by atoms with Crippen LogP contribution in [0.4, 0.5) is 0 Å². The van der Waals surface area contributed by atoms with Crippen LogP contribution in [-0.2, 0) is 17.9 Å². The first-order valence-electron chi connectivity index (χ1n) is 10.1. The number of likely N-dealkylation sites (tertiary alicyclic amines) is 1. The molecule has 4 rings (SSSR count). The summed E-state index contributed by atoms with van der Waals surface area (Å²) in [6, 6.07) is 18.0. The third-order valence-electron chi connectivity index (χ3n) is 5.40. The highest BCUT2D eigenvalue weighted by Gasteiger charge is 2.26. The summed E-state index contributed by atoms with van der Waals surface area (Å²) in [5.74, 6) is 1.32. The summed E-state index contributed by atoms with van der Waals surface area (Å²) in [6.45, 7) is 4.82. The molecule has 1 atom stereocenters. The topological polar surface area (TPSA) is 71.3 Å². The van der Waals surface area contributed by atoms with Crippen molar-refractivity contribution in [3.05, 3.63) is 71.6 Å². The largest absolute Gasteiger partial charge is 0.352 e. The Hall–Kier alpha value is -2.99. The summed E-state index contributed by atoms with van der Waals surface area (Å²) in [4.78, 5) is 19.4. The number of hydrogen-bond acceptors (Lipinski definition) is 5.